The van der Waals surface area contributed by atoms with Gasteiger partial charge < -0.3 is 5.32 Å². The summed E-state index contributed by atoms with van der Waals surface area (Å²) in [5.41, 5.74) is 2.76. The number of pyridine rings is 1. The highest BCUT2D eigenvalue weighted by Gasteiger charge is 2.26. The van der Waals surface area contributed by atoms with Crippen molar-refractivity contribution in [3.05, 3.63) is 59.8 Å². The van der Waals surface area contributed by atoms with Gasteiger partial charge in [-0.1, -0.05) is 36.4 Å². The van der Waals surface area contributed by atoms with Crippen LogP contribution < -0.4 is 5.32 Å². The topological polar surface area (TPSA) is 28.2 Å². The zero-order valence-corrected chi connectivity index (χ0v) is 13.6. The fourth-order valence-electron chi connectivity index (χ4n) is 3.66. The molecule has 120 valence electrons. The molecule has 2 heterocycles. The number of nitrogens with one attached hydrogen (secondary N) is 1. The van der Waals surface area contributed by atoms with Crippen molar-refractivity contribution in [3.8, 4) is 0 Å². The lowest BCUT2D eigenvalue weighted by Gasteiger charge is -2.27. The number of likely N-dealkylation sites (tertiary alicyclic amines) is 1. The van der Waals surface area contributed by atoms with Crippen LogP contribution in [0.15, 0.2) is 48.7 Å². The predicted molar refractivity (Wildman–Crippen MR) is 94.3 cm³/mol. The van der Waals surface area contributed by atoms with Crippen LogP contribution in [-0.2, 0) is 6.54 Å². The van der Waals surface area contributed by atoms with Gasteiger partial charge in [-0.2, -0.15) is 0 Å². The molecular weight excluding hydrogens is 282 g/mol. The summed E-state index contributed by atoms with van der Waals surface area (Å²) >= 11 is 0. The molecular formula is C20H25N3. The molecule has 0 bridgehead atoms. The van der Waals surface area contributed by atoms with E-state index < -0.39 is 0 Å². The summed E-state index contributed by atoms with van der Waals surface area (Å²) < 4.78 is 0. The third kappa shape index (κ3) is 3.40. The highest BCUT2D eigenvalue weighted by Crippen LogP contribution is 2.33. The lowest BCUT2D eigenvalue weighted by Crippen LogP contribution is -2.27. The molecule has 1 aliphatic carbocycles. The second kappa shape index (κ2) is 6.71. The Balaban J connectivity index is 1.43. The first-order chi connectivity index (χ1) is 11.4. The highest BCUT2D eigenvalue weighted by molar-refractivity contribution is 5.38. The molecule has 23 heavy (non-hydrogen) atoms. The van der Waals surface area contributed by atoms with Crippen LogP contribution in [0.3, 0.4) is 0 Å². The number of hydrogen-bond donors (Lipinski definition) is 1. The Morgan fingerprint density at radius 2 is 1.87 bits per heavy atom. The van der Waals surface area contributed by atoms with Gasteiger partial charge in [-0.05, 0) is 55.8 Å². The van der Waals surface area contributed by atoms with Gasteiger partial charge in [0, 0.05) is 24.8 Å². The molecule has 1 aromatic carbocycles. The van der Waals surface area contributed by atoms with E-state index in [-0.39, 0.29) is 0 Å². The van der Waals surface area contributed by atoms with Gasteiger partial charge in [-0.25, -0.2) is 4.98 Å². The van der Waals surface area contributed by atoms with Gasteiger partial charge in [-0.15, -0.1) is 0 Å². The molecule has 2 aliphatic rings. The van der Waals surface area contributed by atoms with Crippen molar-refractivity contribution in [2.24, 2.45) is 0 Å². The molecule has 1 N–H and O–H groups in total. The summed E-state index contributed by atoms with van der Waals surface area (Å²) in [6.45, 7) is 2.22. The van der Waals surface area contributed by atoms with E-state index >= 15 is 0 Å². The average molecular weight is 307 g/mol. The second-order valence-electron chi connectivity index (χ2n) is 6.86. The van der Waals surface area contributed by atoms with Gasteiger partial charge >= 0.3 is 0 Å². The first-order valence-corrected chi connectivity index (χ1v) is 8.89. The molecule has 2 fully saturated rings. The smallest absolute Gasteiger partial charge is 0.126 e. The minimum atomic E-state index is 0.514. The Labute approximate surface area is 138 Å². The Kier molecular flexibility index (Phi) is 4.29. The van der Waals surface area contributed by atoms with Crippen molar-refractivity contribution in [1.29, 1.82) is 0 Å². The molecule has 3 nitrogen and oxygen atoms in total. The third-order valence-electron chi connectivity index (χ3n) is 5.22. The minimum Gasteiger partial charge on any atom is -0.367 e. The van der Waals surface area contributed by atoms with Crippen molar-refractivity contribution in [1.82, 2.24) is 9.88 Å². The second-order valence-corrected chi connectivity index (χ2v) is 6.86. The number of nitrogens with zero attached hydrogens (tertiary/aromatic N) is 2. The van der Waals surface area contributed by atoms with Gasteiger partial charge in [0.15, 0.2) is 0 Å². The molecule has 1 saturated heterocycles. The number of hydrogen-bond acceptors (Lipinski definition) is 3. The quantitative estimate of drug-likeness (QED) is 0.888. The Morgan fingerprint density at radius 1 is 1.00 bits per heavy atom. The fraction of sp³-hybridized carbons (Fsp3) is 0.450. The molecule has 1 atom stereocenters. The van der Waals surface area contributed by atoms with Gasteiger partial charge in [0.2, 0.25) is 0 Å². The Hall–Kier alpha value is -1.87. The van der Waals surface area contributed by atoms with Gasteiger partial charge in [0.25, 0.3) is 0 Å². The van der Waals surface area contributed by atoms with Crippen LogP contribution in [-0.4, -0.2) is 22.5 Å². The van der Waals surface area contributed by atoms with Crippen LogP contribution >= 0.6 is 0 Å². The largest absolute Gasteiger partial charge is 0.367 e. The van der Waals surface area contributed by atoms with E-state index in [0.29, 0.717) is 12.1 Å². The van der Waals surface area contributed by atoms with Gasteiger partial charge in [0.05, 0.1) is 0 Å². The van der Waals surface area contributed by atoms with Crippen LogP contribution in [0.2, 0.25) is 0 Å². The van der Waals surface area contributed by atoms with Crippen molar-refractivity contribution in [3.63, 3.8) is 0 Å². The van der Waals surface area contributed by atoms with E-state index in [4.69, 9.17) is 0 Å². The van der Waals surface area contributed by atoms with Crippen LogP contribution in [0.4, 0.5) is 5.82 Å². The molecule has 2 aromatic rings. The summed E-state index contributed by atoms with van der Waals surface area (Å²) in [6.07, 6.45) is 8.53. The summed E-state index contributed by atoms with van der Waals surface area (Å²) in [6, 6.07) is 16.4. The number of rotatable bonds is 5. The normalized spacial score (nSPS) is 22.0. The summed E-state index contributed by atoms with van der Waals surface area (Å²) in [4.78, 5) is 7.24. The van der Waals surface area contributed by atoms with E-state index in [1.807, 2.05) is 0 Å². The van der Waals surface area contributed by atoms with Gasteiger partial charge in [0.1, 0.15) is 5.82 Å². The minimum absolute atomic E-state index is 0.514. The standard InChI is InChI=1S/C20H25N3/c1-2-6-16(7-3-1)15-23-13-5-10-19(23)17-11-12-20(21-14-17)22-18-8-4-9-18/h1-3,6-7,11-12,14,18-19H,4-5,8-10,13,15H2,(H,21,22). The van der Waals surface area contributed by atoms with E-state index in [2.05, 4.69) is 63.9 Å². The highest BCUT2D eigenvalue weighted by atomic mass is 15.2. The summed E-state index contributed by atoms with van der Waals surface area (Å²) in [7, 11) is 0. The number of aromatic nitrogens is 1. The maximum absolute atomic E-state index is 4.65. The maximum atomic E-state index is 4.65. The van der Waals surface area contributed by atoms with Crippen LogP contribution in [0.5, 0.6) is 0 Å². The average Bonchev–Trinajstić information content (AvgIpc) is 3.01. The lowest BCUT2D eigenvalue weighted by atomic mass is 9.93. The molecule has 0 spiro atoms. The zero-order valence-electron chi connectivity index (χ0n) is 13.6. The van der Waals surface area contributed by atoms with Crippen molar-refractivity contribution in [2.75, 3.05) is 11.9 Å². The number of benzene rings is 1. The molecule has 3 heteroatoms. The molecule has 1 saturated carbocycles. The third-order valence-corrected chi connectivity index (χ3v) is 5.22. The first-order valence-electron chi connectivity index (χ1n) is 8.89. The number of anilines is 1. The Morgan fingerprint density at radius 3 is 2.57 bits per heavy atom. The van der Waals surface area contributed by atoms with Crippen molar-refractivity contribution >= 4 is 5.82 Å². The maximum Gasteiger partial charge on any atom is 0.126 e. The molecule has 1 unspecified atom stereocenters. The Bertz CT molecular complexity index is 619. The predicted octanol–water partition coefficient (Wildman–Crippen LogP) is 4.38. The van der Waals surface area contributed by atoms with Crippen molar-refractivity contribution in [2.45, 2.75) is 50.7 Å². The van der Waals surface area contributed by atoms with Crippen LogP contribution in [0.25, 0.3) is 0 Å². The first kappa shape index (κ1) is 14.7. The van der Waals surface area contributed by atoms with E-state index in [0.717, 1.165) is 12.4 Å². The van der Waals surface area contributed by atoms with E-state index in [9.17, 15) is 0 Å². The van der Waals surface area contributed by atoms with Crippen LogP contribution in [0, 0.1) is 0 Å². The van der Waals surface area contributed by atoms with Crippen LogP contribution in [0.1, 0.15) is 49.3 Å². The molecule has 0 radical (unpaired) electrons. The summed E-state index contributed by atoms with van der Waals surface area (Å²) in [5, 5.41) is 3.52. The van der Waals surface area contributed by atoms with E-state index in [1.54, 1.807) is 0 Å². The fourth-order valence-corrected chi connectivity index (χ4v) is 3.66. The molecule has 4 rings (SSSR count). The zero-order chi connectivity index (χ0) is 15.5. The SMILES string of the molecule is c1ccc(CN2CCCC2c2ccc(NC3CCC3)nc2)cc1. The summed E-state index contributed by atoms with van der Waals surface area (Å²) in [5.74, 6) is 1.03. The lowest BCUT2D eigenvalue weighted by molar-refractivity contribution is 0.248. The molecule has 0 amide bonds. The molecule has 1 aliphatic heterocycles. The van der Waals surface area contributed by atoms with Gasteiger partial charge in [-0.3, -0.25) is 4.90 Å². The van der Waals surface area contributed by atoms with Crippen molar-refractivity contribution < 1.29 is 0 Å². The molecule has 1 aromatic heterocycles. The van der Waals surface area contributed by atoms with E-state index in [1.165, 1.54) is 49.8 Å². The monoisotopic (exact) mass is 307 g/mol.